The Morgan fingerprint density at radius 3 is 2.68 bits per heavy atom. The molecule has 3 heterocycles. The maximum absolute atomic E-state index is 12.9. The van der Waals surface area contributed by atoms with Crippen molar-refractivity contribution in [2.24, 2.45) is 5.92 Å². The summed E-state index contributed by atoms with van der Waals surface area (Å²) in [4.78, 5) is 19.3. The lowest BCUT2D eigenvalue weighted by Gasteiger charge is -2.32. The van der Waals surface area contributed by atoms with Crippen LogP contribution in [0, 0.1) is 12.8 Å². The highest BCUT2D eigenvalue weighted by atomic mass is 16.2. The smallest absolute Gasteiger partial charge is 0.259 e. The molecule has 1 aliphatic rings. The molecule has 3 aromatic rings. The lowest BCUT2D eigenvalue weighted by Crippen LogP contribution is -2.38. The highest BCUT2D eigenvalue weighted by Crippen LogP contribution is 2.23. The molecule has 0 spiro atoms. The van der Waals surface area contributed by atoms with Crippen LogP contribution >= 0.6 is 0 Å². The molecule has 4 rings (SSSR count). The van der Waals surface area contributed by atoms with Crippen molar-refractivity contribution in [1.29, 1.82) is 0 Å². The minimum Gasteiger partial charge on any atom is -0.338 e. The van der Waals surface area contributed by atoms with Gasteiger partial charge in [0.15, 0.2) is 5.65 Å². The minimum atomic E-state index is 0.0475. The molecule has 5 nitrogen and oxygen atoms in total. The highest BCUT2D eigenvalue weighted by molar-refractivity contribution is 5.99. The Kier molecular flexibility index (Phi) is 4.22. The summed E-state index contributed by atoms with van der Waals surface area (Å²) in [5.41, 5.74) is 3.53. The van der Waals surface area contributed by atoms with Gasteiger partial charge in [-0.1, -0.05) is 30.3 Å². The second-order valence-electron chi connectivity index (χ2n) is 6.82. The summed E-state index contributed by atoms with van der Waals surface area (Å²) in [6.45, 7) is 3.54. The first-order chi connectivity index (χ1) is 12.2. The molecule has 128 valence electrons. The summed E-state index contributed by atoms with van der Waals surface area (Å²) in [6, 6.07) is 12.5. The van der Waals surface area contributed by atoms with Gasteiger partial charge in [-0.25, -0.2) is 9.50 Å². The normalized spacial score (nSPS) is 15.6. The van der Waals surface area contributed by atoms with Crippen molar-refractivity contribution in [2.45, 2.75) is 26.2 Å². The number of aryl methyl sites for hydroxylation is 1. The summed E-state index contributed by atoms with van der Waals surface area (Å²) in [7, 11) is 0. The number of amides is 1. The van der Waals surface area contributed by atoms with Crippen molar-refractivity contribution in [3.63, 3.8) is 0 Å². The Balaban J connectivity index is 1.43. The molecule has 0 bridgehead atoms. The van der Waals surface area contributed by atoms with E-state index in [1.807, 2.05) is 24.1 Å². The molecule has 2 aromatic heterocycles. The second-order valence-corrected chi connectivity index (χ2v) is 6.82. The van der Waals surface area contributed by atoms with Gasteiger partial charge in [0.2, 0.25) is 0 Å². The minimum absolute atomic E-state index is 0.0475. The van der Waals surface area contributed by atoms with E-state index in [1.54, 1.807) is 10.7 Å². The van der Waals surface area contributed by atoms with Crippen LogP contribution in [0.3, 0.4) is 0 Å². The van der Waals surface area contributed by atoms with E-state index in [9.17, 15) is 4.79 Å². The van der Waals surface area contributed by atoms with E-state index in [0.29, 0.717) is 17.1 Å². The van der Waals surface area contributed by atoms with Gasteiger partial charge in [-0.2, -0.15) is 5.10 Å². The number of fused-ring (bicyclic) bond motifs is 1. The van der Waals surface area contributed by atoms with E-state index in [-0.39, 0.29) is 5.91 Å². The number of rotatable bonds is 3. The van der Waals surface area contributed by atoms with Crippen molar-refractivity contribution in [1.82, 2.24) is 19.5 Å². The Bertz CT molecular complexity index is 879. The maximum Gasteiger partial charge on any atom is 0.259 e. The zero-order valence-corrected chi connectivity index (χ0v) is 14.4. The largest absolute Gasteiger partial charge is 0.338 e. The Morgan fingerprint density at radius 1 is 1.16 bits per heavy atom. The quantitative estimate of drug-likeness (QED) is 0.739. The third-order valence-corrected chi connectivity index (χ3v) is 5.01. The van der Waals surface area contributed by atoms with E-state index in [2.05, 4.69) is 40.4 Å². The summed E-state index contributed by atoms with van der Waals surface area (Å²) in [5, 5.41) is 4.25. The molecule has 1 aromatic carbocycles. The molecular weight excluding hydrogens is 312 g/mol. The topological polar surface area (TPSA) is 50.5 Å². The molecule has 0 saturated carbocycles. The summed E-state index contributed by atoms with van der Waals surface area (Å²) in [5.74, 6) is 0.696. The van der Waals surface area contributed by atoms with Crippen LogP contribution in [0.1, 0.15) is 34.5 Å². The monoisotopic (exact) mass is 334 g/mol. The maximum atomic E-state index is 12.9. The van der Waals surface area contributed by atoms with Crippen LogP contribution in [-0.4, -0.2) is 38.5 Å². The standard InChI is InChI=1S/C20H22N4O/c1-15-7-12-24-19(22-15)18(14-21-24)20(25)23-10-8-17(9-11-23)13-16-5-3-2-4-6-16/h2-7,12,14,17H,8-11,13H2,1H3. The lowest BCUT2D eigenvalue weighted by atomic mass is 9.90. The number of nitrogens with zero attached hydrogens (tertiary/aromatic N) is 4. The van der Waals surface area contributed by atoms with Crippen molar-refractivity contribution < 1.29 is 4.79 Å². The van der Waals surface area contributed by atoms with Gasteiger partial charge in [0.1, 0.15) is 5.56 Å². The fraction of sp³-hybridized carbons (Fsp3) is 0.350. The predicted octanol–water partition coefficient (Wildman–Crippen LogP) is 3.13. The summed E-state index contributed by atoms with van der Waals surface area (Å²) >= 11 is 0. The van der Waals surface area contributed by atoms with Gasteiger partial charge in [-0.3, -0.25) is 4.79 Å². The van der Waals surface area contributed by atoms with Crippen LogP contribution in [0.2, 0.25) is 0 Å². The van der Waals surface area contributed by atoms with Crippen LogP contribution in [0.25, 0.3) is 5.65 Å². The number of carbonyl (C=O) groups is 1. The third kappa shape index (κ3) is 3.27. The molecule has 5 heteroatoms. The van der Waals surface area contributed by atoms with Gasteiger partial charge in [0.25, 0.3) is 5.91 Å². The summed E-state index contributed by atoms with van der Waals surface area (Å²) in [6.07, 6.45) is 6.68. The number of carbonyl (C=O) groups excluding carboxylic acids is 1. The molecule has 0 atom stereocenters. The zero-order chi connectivity index (χ0) is 17.2. The average molecular weight is 334 g/mol. The zero-order valence-electron chi connectivity index (χ0n) is 14.4. The van der Waals surface area contributed by atoms with Gasteiger partial charge >= 0.3 is 0 Å². The van der Waals surface area contributed by atoms with Crippen LogP contribution in [0.15, 0.2) is 48.8 Å². The van der Waals surface area contributed by atoms with Crippen molar-refractivity contribution in [3.05, 3.63) is 65.6 Å². The van der Waals surface area contributed by atoms with Gasteiger partial charge < -0.3 is 4.90 Å². The van der Waals surface area contributed by atoms with Crippen LogP contribution in [0.5, 0.6) is 0 Å². The number of hydrogen-bond acceptors (Lipinski definition) is 3. The molecule has 0 radical (unpaired) electrons. The highest BCUT2D eigenvalue weighted by Gasteiger charge is 2.26. The van der Waals surface area contributed by atoms with Crippen LogP contribution in [-0.2, 0) is 6.42 Å². The van der Waals surface area contributed by atoms with Gasteiger partial charge in [-0.05, 0) is 43.7 Å². The fourth-order valence-electron chi connectivity index (χ4n) is 3.57. The average Bonchev–Trinajstić information content (AvgIpc) is 3.05. The summed E-state index contributed by atoms with van der Waals surface area (Å²) < 4.78 is 1.67. The molecular formula is C20H22N4O. The molecule has 1 amide bonds. The first kappa shape index (κ1) is 15.8. The van der Waals surface area contributed by atoms with E-state index in [1.165, 1.54) is 5.56 Å². The Hall–Kier alpha value is -2.69. The van der Waals surface area contributed by atoms with Gasteiger partial charge in [-0.15, -0.1) is 0 Å². The van der Waals surface area contributed by atoms with Crippen molar-refractivity contribution in [2.75, 3.05) is 13.1 Å². The first-order valence-electron chi connectivity index (χ1n) is 8.85. The fourth-order valence-corrected chi connectivity index (χ4v) is 3.57. The van der Waals surface area contributed by atoms with E-state index < -0.39 is 0 Å². The van der Waals surface area contributed by atoms with Crippen molar-refractivity contribution >= 4 is 11.6 Å². The number of aromatic nitrogens is 3. The van der Waals surface area contributed by atoms with E-state index in [4.69, 9.17) is 0 Å². The molecule has 1 aliphatic heterocycles. The van der Waals surface area contributed by atoms with Crippen LogP contribution in [0.4, 0.5) is 0 Å². The van der Waals surface area contributed by atoms with Crippen molar-refractivity contribution in [3.8, 4) is 0 Å². The molecule has 0 unspecified atom stereocenters. The first-order valence-corrected chi connectivity index (χ1v) is 8.85. The SMILES string of the molecule is Cc1ccn2ncc(C(=O)N3CCC(Cc4ccccc4)CC3)c2n1. The number of piperidine rings is 1. The third-order valence-electron chi connectivity index (χ3n) is 5.01. The molecule has 0 N–H and O–H groups in total. The Labute approximate surface area is 147 Å². The molecule has 1 fully saturated rings. The predicted molar refractivity (Wildman–Crippen MR) is 96.5 cm³/mol. The van der Waals surface area contributed by atoms with E-state index >= 15 is 0 Å². The Morgan fingerprint density at radius 2 is 1.92 bits per heavy atom. The van der Waals surface area contributed by atoms with Gasteiger partial charge in [0.05, 0.1) is 6.20 Å². The van der Waals surface area contributed by atoms with Gasteiger partial charge in [0, 0.05) is 25.0 Å². The number of hydrogen-bond donors (Lipinski definition) is 0. The number of likely N-dealkylation sites (tertiary alicyclic amines) is 1. The molecule has 25 heavy (non-hydrogen) atoms. The second kappa shape index (κ2) is 6.67. The van der Waals surface area contributed by atoms with E-state index in [0.717, 1.165) is 38.0 Å². The van der Waals surface area contributed by atoms with Crippen LogP contribution < -0.4 is 0 Å². The number of benzene rings is 1. The molecule has 1 saturated heterocycles. The molecule has 0 aliphatic carbocycles. The lowest BCUT2D eigenvalue weighted by molar-refractivity contribution is 0.0692.